The zero-order chi connectivity index (χ0) is 24.7. The number of hydrogen-bond acceptors (Lipinski definition) is 3. The molecule has 36 heavy (non-hydrogen) atoms. The molecular formula is C31H28N4O. The van der Waals surface area contributed by atoms with Crippen LogP contribution in [-0.4, -0.2) is 25.6 Å². The highest BCUT2D eigenvalue weighted by molar-refractivity contribution is 5.94. The minimum atomic E-state index is -0.0862. The van der Waals surface area contributed by atoms with Gasteiger partial charge in [-0.3, -0.25) is 9.78 Å². The highest BCUT2D eigenvalue weighted by atomic mass is 16.2. The average molecular weight is 473 g/mol. The van der Waals surface area contributed by atoms with Crippen LogP contribution in [0.4, 0.5) is 0 Å². The largest absolute Gasteiger partial charge is 0.329 e. The Hall–Kier alpha value is -4.51. The van der Waals surface area contributed by atoms with Crippen LogP contribution < -0.4 is 0 Å². The molecule has 0 radical (unpaired) electrons. The first-order valence-corrected chi connectivity index (χ1v) is 12.2. The van der Waals surface area contributed by atoms with E-state index in [4.69, 9.17) is 5.10 Å². The molecule has 0 atom stereocenters. The summed E-state index contributed by atoms with van der Waals surface area (Å²) < 4.78 is 1.75. The Kier molecular flexibility index (Phi) is 6.99. The number of amides is 1. The van der Waals surface area contributed by atoms with Crippen molar-refractivity contribution in [3.63, 3.8) is 0 Å². The topological polar surface area (TPSA) is 51.0 Å². The number of hydrogen-bond donors (Lipinski definition) is 0. The molecule has 178 valence electrons. The van der Waals surface area contributed by atoms with E-state index in [9.17, 15) is 4.79 Å². The number of aromatic nitrogens is 3. The van der Waals surface area contributed by atoms with Crippen molar-refractivity contribution in [2.75, 3.05) is 0 Å². The van der Waals surface area contributed by atoms with E-state index in [1.807, 2.05) is 90.0 Å². The maximum Gasteiger partial charge on any atom is 0.273 e. The Morgan fingerprint density at radius 2 is 1.44 bits per heavy atom. The van der Waals surface area contributed by atoms with Gasteiger partial charge < -0.3 is 4.90 Å². The normalized spacial score (nSPS) is 10.8. The van der Waals surface area contributed by atoms with Gasteiger partial charge in [0.1, 0.15) is 5.69 Å². The molecule has 1 amide bonds. The molecule has 0 saturated carbocycles. The molecule has 2 heterocycles. The second-order valence-corrected chi connectivity index (χ2v) is 8.72. The zero-order valence-corrected chi connectivity index (χ0v) is 20.3. The summed E-state index contributed by atoms with van der Waals surface area (Å²) in [6.45, 7) is 3.07. The first kappa shape index (κ1) is 23.2. The summed E-state index contributed by atoms with van der Waals surface area (Å²) in [5.41, 5.74) is 6.43. The number of carbonyl (C=O) groups excluding carboxylic acids is 1. The van der Waals surface area contributed by atoms with Crippen LogP contribution in [0.15, 0.2) is 116 Å². The Balaban J connectivity index is 1.55. The molecule has 0 N–H and O–H groups in total. The van der Waals surface area contributed by atoms with Gasteiger partial charge in [-0.15, -0.1) is 0 Å². The number of aryl methyl sites for hydroxylation is 1. The van der Waals surface area contributed by atoms with Crippen molar-refractivity contribution < 1.29 is 4.79 Å². The summed E-state index contributed by atoms with van der Waals surface area (Å²) >= 11 is 0. The van der Waals surface area contributed by atoms with Crippen molar-refractivity contribution in [2.45, 2.75) is 26.4 Å². The van der Waals surface area contributed by atoms with Crippen molar-refractivity contribution >= 4 is 5.91 Å². The first-order valence-electron chi connectivity index (χ1n) is 12.2. The van der Waals surface area contributed by atoms with Crippen LogP contribution in [0.3, 0.4) is 0 Å². The quantitative estimate of drug-likeness (QED) is 0.265. The van der Waals surface area contributed by atoms with Crippen LogP contribution in [0.25, 0.3) is 16.9 Å². The Morgan fingerprint density at radius 1 is 0.778 bits per heavy atom. The van der Waals surface area contributed by atoms with Gasteiger partial charge in [0.05, 0.1) is 11.4 Å². The molecule has 0 aliphatic carbocycles. The van der Waals surface area contributed by atoms with Crippen LogP contribution in [0.2, 0.25) is 0 Å². The van der Waals surface area contributed by atoms with E-state index in [1.54, 1.807) is 10.9 Å². The summed E-state index contributed by atoms with van der Waals surface area (Å²) in [7, 11) is 0. The van der Waals surface area contributed by atoms with Crippen molar-refractivity contribution in [1.29, 1.82) is 0 Å². The molecule has 0 bridgehead atoms. The van der Waals surface area contributed by atoms with E-state index in [1.165, 1.54) is 5.56 Å². The van der Waals surface area contributed by atoms with Crippen molar-refractivity contribution in [3.8, 4) is 16.9 Å². The predicted octanol–water partition coefficient (Wildman–Crippen LogP) is 6.34. The lowest BCUT2D eigenvalue weighted by Crippen LogP contribution is -2.31. The minimum absolute atomic E-state index is 0.0862. The van der Waals surface area contributed by atoms with Gasteiger partial charge in [0.15, 0.2) is 0 Å². The smallest absolute Gasteiger partial charge is 0.273 e. The molecule has 0 spiro atoms. The van der Waals surface area contributed by atoms with Gasteiger partial charge in [-0.1, -0.05) is 85.8 Å². The summed E-state index contributed by atoms with van der Waals surface area (Å²) in [4.78, 5) is 20.3. The summed E-state index contributed by atoms with van der Waals surface area (Å²) in [6.07, 6.45) is 4.54. The minimum Gasteiger partial charge on any atom is -0.329 e. The molecule has 5 rings (SSSR count). The van der Waals surface area contributed by atoms with E-state index in [0.29, 0.717) is 18.8 Å². The highest BCUT2D eigenvalue weighted by Crippen LogP contribution is 2.24. The molecule has 0 aliphatic heterocycles. The van der Waals surface area contributed by atoms with Crippen molar-refractivity contribution in [3.05, 3.63) is 138 Å². The number of benzene rings is 3. The third-order valence-electron chi connectivity index (χ3n) is 6.19. The summed E-state index contributed by atoms with van der Waals surface area (Å²) in [5, 5.41) is 4.85. The Bertz CT molecular complexity index is 1410. The Morgan fingerprint density at radius 3 is 2.11 bits per heavy atom. The molecule has 0 unspecified atom stereocenters. The van der Waals surface area contributed by atoms with E-state index in [2.05, 4.69) is 36.2 Å². The van der Waals surface area contributed by atoms with Gasteiger partial charge in [-0.25, -0.2) is 4.68 Å². The molecule has 2 aromatic heterocycles. The second-order valence-electron chi connectivity index (χ2n) is 8.72. The molecule has 0 fully saturated rings. The maximum absolute atomic E-state index is 14.2. The van der Waals surface area contributed by atoms with E-state index < -0.39 is 0 Å². The fourth-order valence-electron chi connectivity index (χ4n) is 4.22. The van der Waals surface area contributed by atoms with Gasteiger partial charge in [-0.05, 0) is 47.4 Å². The van der Waals surface area contributed by atoms with E-state index >= 15 is 0 Å². The van der Waals surface area contributed by atoms with Crippen LogP contribution in [0, 0.1) is 0 Å². The van der Waals surface area contributed by atoms with Crippen LogP contribution >= 0.6 is 0 Å². The Labute approximate surface area is 211 Å². The van der Waals surface area contributed by atoms with Crippen LogP contribution in [0.5, 0.6) is 0 Å². The number of rotatable bonds is 8. The average Bonchev–Trinajstić information content (AvgIpc) is 3.40. The number of carbonyl (C=O) groups is 1. The SMILES string of the molecule is CCc1ccc(CN(Cc2cccnc2)C(=O)c2cc(-c3ccccc3)nn2-c2ccccc2)cc1. The lowest BCUT2D eigenvalue weighted by Gasteiger charge is -2.23. The number of para-hydroxylation sites is 1. The standard InChI is InChI=1S/C31H28N4O/c1-2-24-15-17-25(18-16-24)22-34(23-26-10-9-19-32-21-26)31(36)30-20-29(27-11-5-3-6-12-27)33-35(30)28-13-7-4-8-14-28/h3-21H,2,22-23H2,1H3. The molecule has 0 saturated heterocycles. The summed E-state index contributed by atoms with van der Waals surface area (Å²) in [5.74, 6) is -0.0862. The van der Waals surface area contributed by atoms with Crippen molar-refractivity contribution in [2.24, 2.45) is 0 Å². The third-order valence-corrected chi connectivity index (χ3v) is 6.19. The molecule has 3 aromatic carbocycles. The number of pyridine rings is 1. The fourth-order valence-corrected chi connectivity index (χ4v) is 4.22. The van der Waals surface area contributed by atoms with Gasteiger partial charge in [0.2, 0.25) is 0 Å². The van der Waals surface area contributed by atoms with Crippen LogP contribution in [-0.2, 0) is 19.5 Å². The fraction of sp³-hybridized carbons (Fsp3) is 0.129. The maximum atomic E-state index is 14.2. The van der Waals surface area contributed by atoms with Gasteiger partial charge in [0, 0.05) is 31.0 Å². The first-order chi connectivity index (χ1) is 17.7. The third kappa shape index (κ3) is 5.26. The van der Waals surface area contributed by atoms with Gasteiger partial charge in [0.25, 0.3) is 5.91 Å². The zero-order valence-electron chi connectivity index (χ0n) is 20.3. The molecule has 0 aliphatic rings. The second kappa shape index (κ2) is 10.8. The van der Waals surface area contributed by atoms with Crippen LogP contribution in [0.1, 0.15) is 34.1 Å². The van der Waals surface area contributed by atoms with Gasteiger partial charge >= 0.3 is 0 Å². The predicted molar refractivity (Wildman–Crippen MR) is 143 cm³/mol. The van der Waals surface area contributed by atoms with Crippen molar-refractivity contribution in [1.82, 2.24) is 19.7 Å². The molecule has 5 aromatic rings. The number of nitrogens with zero attached hydrogens (tertiary/aromatic N) is 4. The van der Waals surface area contributed by atoms with E-state index in [-0.39, 0.29) is 5.91 Å². The lowest BCUT2D eigenvalue weighted by atomic mass is 10.1. The molecule has 5 nitrogen and oxygen atoms in total. The van der Waals surface area contributed by atoms with E-state index in [0.717, 1.165) is 34.5 Å². The van der Waals surface area contributed by atoms with Gasteiger partial charge in [-0.2, -0.15) is 5.10 Å². The summed E-state index contributed by atoms with van der Waals surface area (Å²) in [6, 6.07) is 34.0. The lowest BCUT2D eigenvalue weighted by molar-refractivity contribution is 0.0720. The molecular weight excluding hydrogens is 444 g/mol. The molecule has 5 heteroatoms. The highest BCUT2D eigenvalue weighted by Gasteiger charge is 2.23. The monoisotopic (exact) mass is 472 g/mol.